The van der Waals surface area contributed by atoms with Crippen LogP contribution in [-0.4, -0.2) is 23.0 Å². The topological polar surface area (TPSA) is 56.5 Å². The number of benzene rings is 1. The van der Waals surface area contributed by atoms with Gasteiger partial charge in [0, 0.05) is 18.5 Å². The first kappa shape index (κ1) is 16.9. The van der Waals surface area contributed by atoms with Crippen LogP contribution < -0.4 is 0 Å². The van der Waals surface area contributed by atoms with E-state index in [1.54, 1.807) is 12.3 Å². The van der Waals surface area contributed by atoms with Gasteiger partial charge in [0.2, 0.25) is 5.91 Å². The van der Waals surface area contributed by atoms with Crippen LogP contribution in [0.2, 0.25) is 0 Å². The van der Waals surface area contributed by atoms with Crippen molar-refractivity contribution in [2.75, 3.05) is 5.88 Å². The zero-order valence-corrected chi connectivity index (χ0v) is 14.3. The van der Waals surface area contributed by atoms with E-state index in [-0.39, 0.29) is 23.4 Å². The van der Waals surface area contributed by atoms with Crippen molar-refractivity contribution in [3.8, 4) is 6.07 Å². The van der Waals surface area contributed by atoms with Crippen LogP contribution in [-0.2, 0) is 4.79 Å². The van der Waals surface area contributed by atoms with Gasteiger partial charge >= 0.3 is 0 Å². The molecule has 4 nitrogen and oxygen atoms in total. The number of halogens is 2. The number of nitriles is 1. The fourth-order valence-electron chi connectivity index (χ4n) is 3.19. The van der Waals surface area contributed by atoms with E-state index in [1.807, 2.05) is 13.0 Å². The van der Waals surface area contributed by atoms with Crippen LogP contribution in [0.4, 0.5) is 4.39 Å². The summed E-state index contributed by atoms with van der Waals surface area (Å²) in [5.41, 5.74) is 0.150. The lowest BCUT2D eigenvalue weighted by atomic mass is 9.84. The highest BCUT2D eigenvalue weighted by atomic mass is 35.5. The molecule has 1 aromatic rings. The molecule has 3 rings (SSSR count). The minimum atomic E-state index is -0.673. The Bertz CT molecular complexity index is 725. The van der Waals surface area contributed by atoms with Gasteiger partial charge in [-0.25, -0.2) is 9.40 Å². The van der Waals surface area contributed by atoms with E-state index < -0.39 is 11.2 Å². The van der Waals surface area contributed by atoms with Crippen molar-refractivity contribution in [2.24, 2.45) is 16.4 Å². The van der Waals surface area contributed by atoms with Crippen molar-refractivity contribution >= 4 is 23.7 Å². The first-order valence-corrected chi connectivity index (χ1v) is 8.63. The molecule has 126 valence electrons. The Labute approximate surface area is 145 Å². The van der Waals surface area contributed by atoms with Gasteiger partial charge in [0.05, 0.1) is 23.1 Å². The Hall–Kier alpha value is -1.93. The zero-order chi connectivity index (χ0) is 17.3. The van der Waals surface area contributed by atoms with Gasteiger partial charge in [-0.15, -0.1) is 11.6 Å². The number of carbonyl (C=O) groups is 1. The SMILES string of the molecule is CC(CCl)(CC1CC1)C(=O)N1N=CCC1c1cc(F)cc(C#N)c1. The molecule has 1 aliphatic heterocycles. The molecule has 1 aliphatic carbocycles. The van der Waals surface area contributed by atoms with Crippen molar-refractivity contribution in [3.63, 3.8) is 0 Å². The van der Waals surface area contributed by atoms with Gasteiger partial charge < -0.3 is 0 Å². The second kappa shape index (κ2) is 6.52. The van der Waals surface area contributed by atoms with Gasteiger partial charge in [-0.2, -0.15) is 10.4 Å². The minimum absolute atomic E-state index is 0.133. The van der Waals surface area contributed by atoms with Gasteiger partial charge in [0.15, 0.2) is 0 Å². The Balaban J connectivity index is 1.87. The number of carbonyl (C=O) groups excluding carboxylic acids is 1. The molecule has 2 unspecified atom stereocenters. The van der Waals surface area contributed by atoms with Gasteiger partial charge in [-0.1, -0.05) is 12.8 Å². The fraction of sp³-hybridized carbons (Fsp3) is 0.500. The van der Waals surface area contributed by atoms with E-state index in [0.717, 1.165) is 19.3 Å². The molecule has 24 heavy (non-hydrogen) atoms. The van der Waals surface area contributed by atoms with E-state index in [0.29, 0.717) is 17.9 Å². The van der Waals surface area contributed by atoms with Crippen molar-refractivity contribution in [2.45, 2.75) is 38.6 Å². The van der Waals surface area contributed by atoms with Crippen LogP contribution in [0.3, 0.4) is 0 Å². The third kappa shape index (κ3) is 3.29. The summed E-state index contributed by atoms with van der Waals surface area (Å²) in [5.74, 6) is 0.169. The molecule has 1 fully saturated rings. The Morgan fingerprint density at radius 3 is 2.88 bits per heavy atom. The number of hydrogen-bond acceptors (Lipinski definition) is 3. The molecule has 6 heteroatoms. The predicted molar refractivity (Wildman–Crippen MR) is 90.0 cm³/mol. The number of hydrogen-bond donors (Lipinski definition) is 0. The second-order valence-electron chi connectivity index (χ2n) is 6.93. The zero-order valence-electron chi connectivity index (χ0n) is 13.5. The summed E-state index contributed by atoms with van der Waals surface area (Å²) in [6.45, 7) is 1.87. The van der Waals surface area contributed by atoms with Crippen molar-refractivity contribution < 1.29 is 9.18 Å². The summed E-state index contributed by atoms with van der Waals surface area (Å²) in [5, 5.41) is 14.7. The second-order valence-corrected chi connectivity index (χ2v) is 7.19. The Kier molecular flexibility index (Phi) is 4.60. The molecule has 0 aromatic heterocycles. The Morgan fingerprint density at radius 1 is 1.50 bits per heavy atom. The maximum Gasteiger partial charge on any atom is 0.250 e. The monoisotopic (exact) mass is 347 g/mol. The molecule has 0 spiro atoms. The molecule has 1 amide bonds. The first-order valence-electron chi connectivity index (χ1n) is 8.09. The average Bonchev–Trinajstić information content (AvgIpc) is 3.24. The third-order valence-electron chi connectivity index (χ3n) is 4.72. The summed E-state index contributed by atoms with van der Waals surface area (Å²) in [4.78, 5) is 13.1. The average molecular weight is 348 g/mol. The molecule has 1 aromatic carbocycles. The highest BCUT2D eigenvalue weighted by Gasteiger charge is 2.43. The van der Waals surface area contributed by atoms with Crippen LogP contribution in [0, 0.1) is 28.5 Å². The van der Waals surface area contributed by atoms with Crippen molar-refractivity contribution in [1.29, 1.82) is 5.26 Å². The lowest BCUT2D eigenvalue weighted by Gasteiger charge is -2.32. The molecule has 1 heterocycles. The summed E-state index contributed by atoms with van der Waals surface area (Å²) in [6.07, 6.45) is 5.19. The van der Waals surface area contributed by atoms with Gasteiger partial charge in [-0.05, 0) is 43.0 Å². The maximum absolute atomic E-state index is 13.8. The standard InChI is InChI=1S/C18H19ClFN3O/c1-18(11-19,9-12-2-3-12)17(24)23-16(4-5-22-23)14-6-13(10-21)7-15(20)8-14/h5-8,12,16H,2-4,9,11H2,1H3. The van der Waals surface area contributed by atoms with E-state index in [1.165, 1.54) is 17.1 Å². The van der Waals surface area contributed by atoms with Crippen LogP contribution in [0.15, 0.2) is 23.3 Å². The number of amides is 1. The molecule has 1 saturated carbocycles. The molecular formula is C18H19ClFN3O. The van der Waals surface area contributed by atoms with Crippen molar-refractivity contribution in [3.05, 3.63) is 35.1 Å². The summed E-state index contributed by atoms with van der Waals surface area (Å²) in [7, 11) is 0. The molecule has 0 radical (unpaired) electrons. The van der Waals surface area contributed by atoms with Crippen LogP contribution in [0.5, 0.6) is 0 Å². The quantitative estimate of drug-likeness (QED) is 0.756. The smallest absolute Gasteiger partial charge is 0.250 e. The van der Waals surface area contributed by atoms with E-state index >= 15 is 0 Å². The van der Waals surface area contributed by atoms with E-state index in [4.69, 9.17) is 16.9 Å². The normalized spacial score (nSPS) is 22.2. The molecular weight excluding hydrogens is 329 g/mol. The highest BCUT2D eigenvalue weighted by Crippen LogP contribution is 2.43. The third-order valence-corrected chi connectivity index (χ3v) is 5.31. The minimum Gasteiger partial charge on any atom is -0.272 e. The largest absolute Gasteiger partial charge is 0.272 e. The lowest BCUT2D eigenvalue weighted by Crippen LogP contribution is -2.41. The first-order chi connectivity index (χ1) is 11.5. The number of hydrazone groups is 1. The van der Waals surface area contributed by atoms with E-state index in [2.05, 4.69) is 5.10 Å². The van der Waals surface area contributed by atoms with Crippen LogP contribution in [0.25, 0.3) is 0 Å². The van der Waals surface area contributed by atoms with Crippen molar-refractivity contribution in [1.82, 2.24) is 5.01 Å². The van der Waals surface area contributed by atoms with Crippen LogP contribution in [0.1, 0.15) is 49.8 Å². The number of nitrogens with zero attached hydrogens (tertiary/aromatic N) is 3. The van der Waals surface area contributed by atoms with Gasteiger partial charge in [0.1, 0.15) is 5.82 Å². The molecule has 2 atom stereocenters. The van der Waals surface area contributed by atoms with Crippen LogP contribution >= 0.6 is 11.6 Å². The lowest BCUT2D eigenvalue weighted by molar-refractivity contribution is -0.142. The maximum atomic E-state index is 13.8. The fourth-order valence-corrected chi connectivity index (χ4v) is 3.41. The summed E-state index contributed by atoms with van der Waals surface area (Å²) >= 11 is 6.12. The van der Waals surface area contributed by atoms with E-state index in [9.17, 15) is 9.18 Å². The van der Waals surface area contributed by atoms with Gasteiger partial charge in [-0.3, -0.25) is 4.79 Å². The molecule has 0 N–H and O–H groups in total. The van der Waals surface area contributed by atoms with Gasteiger partial charge in [0.25, 0.3) is 0 Å². The number of rotatable bonds is 5. The summed E-state index contributed by atoms with van der Waals surface area (Å²) in [6, 6.07) is 5.71. The Morgan fingerprint density at radius 2 is 2.25 bits per heavy atom. The molecule has 0 bridgehead atoms. The predicted octanol–water partition coefficient (Wildman–Crippen LogP) is 4.00. The molecule has 0 saturated heterocycles. The molecule has 2 aliphatic rings. The number of alkyl halides is 1. The summed E-state index contributed by atoms with van der Waals surface area (Å²) < 4.78 is 13.8. The highest BCUT2D eigenvalue weighted by molar-refractivity contribution is 6.20.